The van der Waals surface area contributed by atoms with Crippen molar-refractivity contribution >= 4 is 0 Å². The Morgan fingerprint density at radius 3 is 2.53 bits per heavy atom. The molecule has 0 saturated heterocycles. The molecule has 0 saturated carbocycles. The lowest BCUT2D eigenvalue weighted by Crippen LogP contribution is -2.05. The Morgan fingerprint density at radius 2 is 2.00 bits per heavy atom. The molecule has 87 valence electrons. The van der Waals surface area contributed by atoms with E-state index in [2.05, 4.69) is 21.1 Å². The first-order chi connectivity index (χ1) is 7.97. The topological polar surface area (TPSA) is 38.7 Å². The lowest BCUT2D eigenvalue weighted by Gasteiger charge is -2.06. The van der Waals surface area contributed by atoms with Gasteiger partial charge in [0.1, 0.15) is 5.69 Å². The van der Waals surface area contributed by atoms with Crippen molar-refractivity contribution in [1.29, 1.82) is 0 Å². The van der Waals surface area contributed by atoms with Gasteiger partial charge in [-0.05, 0) is 25.1 Å². The molecule has 0 atom stereocenters. The number of aromatic nitrogens is 3. The fourth-order valence-corrected chi connectivity index (χ4v) is 1.22. The predicted octanol–water partition coefficient (Wildman–Crippen LogP) is 2.67. The number of hydrogen-bond acceptors (Lipinski definition) is 3. The van der Waals surface area contributed by atoms with E-state index in [9.17, 15) is 13.2 Å². The molecule has 2 heterocycles. The van der Waals surface area contributed by atoms with Crippen molar-refractivity contribution in [1.82, 2.24) is 15.0 Å². The van der Waals surface area contributed by atoms with Gasteiger partial charge in [-0.1, -0.05) is 0 Å². The number of nitrogens with zero attached hydrogens (tertiary/aromatic N) is 3. The quantitative estimate of drug-likeness (QED) is 0.766. The number of halogens is 3. The first-order valence-corrected chi connectivity index (χ1v) is 4.72. The molecule has 0 unspecified atom stereocenters. The molecule has 0 aliphatic heterocycles. The lowest BCUT2D eigenvalue weighted by atomic mass is 10.2. The predicted molar refractivity (Wildman–Crippen MR) is 53.8 cm³/mol. The highest BCUT2D eigenvalue weighted by molar-refractivity contribution is 5.48. The summed E-state index contributed by atoms with van der Waals surface area (Å²) in [6.45, 7) is 1.74. The number of pyridine rings is 1. The van der Waals surface area contributed by atoms with E-state index in [1.54, 1.807) is 13.0 Å². The summed E-state index contributed by atoms with van der Waals surface area (Å²) in [5.74, 6) is 0.263. The summed E-state index contributed by atoms with van der Waals surface area (Å²) in [5.41, 5.74) is 0.174. The monoisotopic (exact) mass is 238 g/mol. The standard InChI is InChI=1S/C11H7F3N3/c1-7-4-5-15-10(17-7)9-3-2-8(6-16-9)11(12,13)14/h2-4,6H,1H3. The van der Waals surface area contributed by atoms with Gasteiger partial charge >= 0.3 is 6.18 Å². The Kier molecular flexibility index (Phi) is 2.79. The van der Waals surface area contributed by atoms with Crippen LogP contribution in [0.5, 0.6) is 0 Å². The molecule has 0 aliphatic rings. The zero-order valence-electron chi connectivity index (χ0n) is 8.78. The van der Waals surface area contributed by atoms with Crippen LogP contribution in [0.3, 0.4) is 0 Å². The Hall–Kier alpha value is -1.98. The van der Waals surface area contributed by atoms with Crippen LogP contribution in [0, 0.1) is 13.1 Å². The first kappa shape index (κ1) is 11.5. The Bertz CT molecular complexity index is 520. The first-order valence-electron chi connectivity index (χ1n) is 4.72. The molecule has 3 nitrogen and oxygen atoms in total. The second-order valence-electron chi connectivity index (χ2n) is 3.39. The van der Waals surface area contributed by atoms with Crippen molar-refractivity contribution < 1.29 is 13.2 Å². The van der Waals surface area contributed by atoms with Crippen molar-refractivity contribution in [2.24, 2.45) is 0 Å². The van der Waals surface area contributed by atoms with Gasteiger partial charge < -0.3 is 0 Å². The van der Waals surface area contributed by atoms with E-state index in [4.69, 9.17) is 0 Å². The highest BCUT2D eigenvalue weighted by Crippen LogP contribution is 2.29. The minimum Gasteiger partial charge on any atom is -0.252 e. The van der Waals surface area contributed by atoms with E-state index >= 15 is 0 Å². The van der Waals surface area contributed by atoms with Crippen LogP contribution < -0.4 is 0 Å². The fourth-order valence-electron chi connectivity index (χ4n) is 1.22. The van der Waals surface area contributed by atoms with Gasteiger partial charge in [0, 0.05) is 11.9 Å². The number of alkyl halides is 3. The molecule has 0 amide bonds. The van der Waals surface area contributed by atoms with E-state index in [1.807, 2.05) is 0 Å². The van der Waals surface area contributed by atoms with Crippen LogP contribution in [-0.2, 0) is 6.18 Å². The second kappa shape index (κ2) is 4.12. The minimum absolute atomic E-state index is 0.263. The maximum Gasteiger partial charge on any atom is 0.417 e. The molecule has 2 rings (SSSR count). The molecule has 2 aromatic heterocycles. The van der Waals surface area contributed by atoms with Crippen molar-refractivity contribution in [3.63, 3.8) is 0 Å². The van der Waals surface area contributed by atoms with Gasteiger partial charge in [0.15, 0.2) is 5.82 Å². The lowest BCUT2D eigenvalue weighted by molar-refractivity contribution is -0.137. The normalized spacial score (nSPS) is 11.5. The summed E-state index contributed by atoms with van der Waals surface area (Å²) in [6, 6.07) is 3.77. The summed E-state index contributed by atoms with van der Waals surface area (Å²) in [6.07, 6.45) is -1.02. The van der Waals surface area contributed by atoms with Gasteiger partial charge in [-0.15, -0.1) is 0 Å². The third kappa shape index (κ3) is 2.58. The maximum absolute atomic E-state index is 12.3. The zero-order chi connectivity index (χ0) is 12.5. The summed E-state index contributed by atoms with van der Waals surface area (Å²) in [7, 11) is 0. The van der Waals surface area contributed by atoms with Crippen LogP contribution in [-0.4, -0.2) is 15.0 Å². The molecule has 0 bridgehead atoms. The van der Waals surface area contributed by atoms with Crippen molar-refractivity contribution in [3.8, 4) is 11.5 Å². The molecule has 0 fully saturated rings. The molecule has 17 heavy (non-hydrogen) atoms. The number of hydrogen-bond donors (Lipinski definition) is 0. The smallest absolute Gasteiger partial charge is 0.252 e. The summed E-state index contributed by atoms with van der Waals surface area (Å²) >= 11 is 0. The van der Waals surface area contributed by atoms with Crippen LogP contribution in [0.1, 0.15) is 11.3 Å². The average Bonchev–Trinajstić information content (AvgIpc) is 2.28. The Balaban J connectivity index is 2.36. The fraction of sp³-hybridized carbons (Fsp3) is 0.182. The van der Waals surface area contributed by atoms with Gasteiger partial charge in [0.05, 0.1) is 11.8 Å². The molecule has 6 heteroatoms. The van der Waals surface area contributed by atoms with E-state index in [1.165, 1.54) is 6.07 Å². The van der Waals surface area contributed by atoms with Crippen molar-refractivity contribution in [3.05, 3.63) is 41.9 Å². The molecule has 0 aliphatic carbocycles. The van der Waals surface area contributed by atoms with Crippen LogP contribution in [0.25, 0.3) is 11.5 Å². The van der Waals surface area contributed by atoms with Gasteiger partial charge in [-0.2, -0.15) is 13.2 Å². The second-order valence-corrected chi connectivity index (χ2v) is 3.39. The summed E-state index contributed by atoms with van der Waals surface area (Å²) in [5, 5.41) is 0. The minimum atomic E-state index is -4.38. The molecule has 0 N–H and O–H groups in total. The zero-order valence-corrected chi connectivity index (χ0v) is 8.78. The van der Waals surface area contributed by atoms with Gasteiger partial charge in [0.25, 0.3) is 0 Å². The molecular formula is C11H7F3N3. The molecule has 1 radical (unpaired) electrons. The van der Waals surface area contributed by atoms with Gasteiger partial charge in [0.2, 0.25) is 0 Å². The Labute approximate surface area is 95.4 Å². The van der Waals surface area contributed by atoms with Crippen molar-refractivity contribution in [2.45, 2.75) is 13.1 Å². The highest BCUT2D eigenvalue weighted by Gasteiger charge is 2.30. The van der Waals surface area contributed by atoms with Gasteiger partial charge in [-0.25, -0.2) is 9.97 Å². The summed E-state index contributed by atoms with van der Waals surface area (Å²) < 4.78 is 36.9. The third-order valence-corrected chi connectivity index (χ3v) is 2.05. The van der Waals surface area contributed by atoms with Crippen LogP contribution in [0.4, 0.5) is 13.2 Å². The number of aryl methyl sites for hydroxylation is 1. The van der Waals surface area contributed by atoms with Crippen LogP contribution in [0.2, 0.25) is 0 Å². The van der Waals surface area contributed by atoms with Crippen LogP contribution >= 0.6 is 0 Å². The van der Waals surface area contributed by atoms with Gasteiger partial charge in [-0.3, -0.25) is 4.98 Å². The average molecular weight is 238 g/mol. The number of rotatable bonds is 1. The third-order valence-electron chi connectivity index (χ3n) is 2.05. The molecule has 2 aromatic rings. The molecule has 0 aromatic carbocycles. The van der Waals surface area contributed by atoms with Crippen molar-refractivity contribution in [2.75, 3.05) is 0 Å². The largest absolute Gasteiger partial charge is 0.417 e. The van der Waals surface area contributed by atoms with E-state index < -0.39 is 11.7 Å². The van der Waals surface area contributed by atoms with E-state index in [0.29, 0.717) is 5.69 Å². The Morgan fingerprint density at radius 1 is 1.24 bits per heavy atom. The van der Waals surface area contributed by atoms with Crippen LogP contribution in [0.15, 0.2) is 24.4 Å². The van der Waals surface area contributed by atoms with E-state index in [-0.39, 0.29) is 11.5 Å². The maximum atomic E-state index is 12.3. The molecule has 0 spiro atoms. The summed E-state index contributed by atoms with van der Waals surface area (Å²) in [4.78, 5) is 11.6. The molecular weight excluding hydrogens is 231 g/mol. The van der Waals surface area contributed by atoms with E-state index in [0.717, 1.165) is 12.3 Å². The SMILES string of the molecule is Cc1c[c]nc(-c2ccc(C(F)(F)F)cn2)n1. The highest BCUT2D eigenvalue weighted by atomic mass is 19.4.